The number of rotatable bonds is 4. The van der Waals surface area contributed by atoms with Crippen molar-refractivity contribution in [3.05, 3.63) is 34.0 Å². The summed E-state index contributed by atoms with van der Waals surface area (Å²) in [5.41, 5.74) is 1.51. The Kier molecular flexibility index (Phi) is 5.44. The fourth-order valence-electron chi connectivity index (χ4n) is 3.08. The highest BCUT2D eigenvalue weighted by molar-refractivity contribution is 9.10. The first kappa shape index (κ1) is 17.9. The molecule has 1 amide bonds. The van der Waals surface area contributed by atoms with Crippen molar-refractivity contribution in [2.45, 2.75) is 20.4 Å². The molecule has 0 spiro atoms. The van der Waals surface area contributed by atoms with Crippen molar-refractivity contribution in [1.82, 2.24) is 9.80 Å². The second kappa shape index (κ2) is 7.58. The Balaban J connectivity index is 1.88. The highest BCUT2D eigenvalue weighted by Gasteiger charge is 2.25. The van der Waals surface area contributed by atoms with Crippen LogP contribution in [0.15, 0.2) is 27.1 Å². The topological polar surface area (TPSA) is 63.0 Å². The molecular weight excluding hydrogens is 388 g/mol. The minimum absolute atomic E-state index is 0.101. The van der Waals surface area contributed by atoms with Gasteiger partial charge in [-0.1, -0.05) is 15.9 Å². The van der Waals surface area contributed by atoms with Crippen LogP contribution in [0.3, 0.4) is 0 Å². The summed E-state index contributed by atoms with van der Waals surface area (Å²) in [6.45, 7) is 7.19. The Morgan fingerprint density at radius 2 is 1.96 bits per heavy atom. The molecule has 1 aliphatic rings. The molecule has 1 aromatic carbocycles. The number of carbonyl (C=O) groups excluding carboxylic acids is 2. The van der Waals surface area contributed by atoms with Crippen molar-refractivity contribution in [1.29, 1.82) is 0 Å². The monoisotopic (exact) mass is 408 g/mol. The molecule has 0 bridgehead atoms. The van der Waals surface area contributed by atoms with Crippen molar-refractivity contribution < 1.29 is 18.7 Å². The van der Waals surface area contributed by atoms with E-state index >= 15 is 0 Å². The van der Waals surface area contributed by atoms with Crippen molar-refractivity contribution in [3.8, 4) is 0 Å². The van der Waals surface area contributed by atoms with Crippen LogP contribution in [0.4, 0.5) is 0 Å². The van der Waals surface area contributed by atoms with Gasteiger partial charge in [0, 0.05) is 55.1 Å². The first-order chi connectivity index (χ1) is 12.0. The summed E-state index contributed by atoms with van der Waals surface area (Å²) in [7, 11) is 0. The maximum absolute atomic E-state index is 12.3. The summed E-state index contributed by atoms with van der Waals surface area (Å²) in [5, 5.41) is 0.909. The molecule has 1 aliphatic heterocycles. The zero-order valence-electron chi connectivity index (χ0n) is 14.4. The second-order valence-corrected chi connectivity index (χ2v) is 6.97. The summed E-state index contributed by atoms with van der Waals surface area (Å²) in [6, 6.07) is 5.69. The molecule has 7 heteroatoms. The number of halogens is 1. The van der Waals surface area contributed by atoms with Gasteiger partial charge in [0.1, 0.15) is 5.58 Å². The number of amides is 1. The number of ether oxygens (including phenoxy) is 1. The maximum atomic E-state index is 12.3. The lowest BCUT2D eigenvalue weighted by Gasteiger charge is -2.34. The largest absolute Gasteiger partial charge is 0.460 e. The highest BCUT2D eigenvalue weighted by atomic mass is 79.9. The molecule has 0 radical (unpaired) electrons. The summed E-state index contributed by atoms with van der Waals surface area (Å²) in [6.07, 6.45) is 0. The van der Waals surface area contributed by atoms with E-state index in [1.807, 2.05) is 23.1 Å². The van der Waals surface area contributed by atoms with Crippen molar-refractivity contribution >= 4 is 38.8 Å². The zero-order valence-corrected chi connectivity index (χ0v) is 16.0. The number of hydrogen-bond donors (Lipinski definition) is 0. The predicted molar refractivity (Wildman–Crippen MR) is 97.4 cm³/mol. The van der Waals surface area contributed by atoms with Gasteiger partial charge < -0.3 is 14.1 Å². The van der Waals surface area contributed by atoms with E-state index in [0.717, 1.165) is 28.5 Å². The van der Waals surface area contributed by atoms with Crippen molar-refractivity contribution in [2.24, 2.45) is 0 Å². The van der Waals surface area contributed by atoms with E-state index in [1.54, 1.807) is 13.8 Å². The van der Waals surface area contributed by atoms with Gasteiger partial charge in [-0.2, -0.15) is 0 Å². The van der Waals surface area contributed by atoms with E-state index in [9.17, 15) is 9.59 Å². The second-order valence-electron chi connectivity index (χ2n) is 6.05. The fraction of sp³-hybridized carbons (Fsp3) is 0.444. The molecule has 0 atom stereocenters. The number of esters is 1. The van der Waals surface area contributed by atoms with Crippen LogP contribution < -0.4 is 0 Å². The quantitative estimate of drug-likeness (QED) is 0.727. The Hall–Kier alpha value is -1.86. The molecule has 0 N–H and O–H groups in total. The maximum Gasteiger partial charge on any atom is 0.374 e. The molecule has 1 saturated heterocycles. The summed E-state index contributed by atoms with van der Waals surface area (Å²) < 4.78 is 11.9. The minimum Gasteiger partial charge on any atom is -0.460 e. The van der Waals surface area contributed by atoms with Crippen molar-refractivity contribution in [2.75, 3.05) is 32.8 Å². The third kappa shape index (κ3) is 3.88. The molecule has 2 heterocycles. The van der Waals surface area contributed by atoms with Gasteiger partial charge in [-0.15, -0.1) is 0 Å². The van der Waals surface area contributed by atoms with E-state index in [0.29, 0.717) is 31.8 Å². The van der Waals surface area contributed by atoms with Crippen LogP contribution >= 0.6 is 15.9 Å². The summed E-state index contributed by atoms with van der Waals surface area (Å²) in [4.78, 5) is 27.8. The molecule has 0 unspecified atom stereocenters. The van der Waals surface area contributed by atoms with Gasteiger partial charge in [-0.25, -0.2) is 4.79 Å². The zero-order chi connectivity index (χ0) is 18.0. The first-order valence-electron chi connectivity index (χ1n) is 8.35. The minimum atomic E-state index is -0.438. The SMILES string of the molecule is CCOC(=O)c1oc2ccc(Br)cc2c1CN1CCN(C(C)=O)CC1. The van der Waals surface area contributed by atoms with Gasteiger partial charge in [0.25, 0.3) is 0 Å². The van der Waals surface area contributed by atoms with Gasteiger partial charge in [-0.05, 0) is 25.1 Å². The normalized spacial score (nSPS) is 15.6. The van der Waals surface area contributed by atoms with Gasteiger partial charge in [-0.3, -0.25) is 9.69 Å². The number of piperazine rings is 1. The number of fused-ring (bicyclic) bond motifs is 1. The summed E-state index contributed by atoms with van der Waals surface area (Å²) in [5.74, 6) is -0.0688. The molecule has 25 heavy (non-hydrogen) atoms. The van der Waals surface area contributed by atoms with E-state index in [2.05, 4.69) is 20.8 Å². The molecule has 1 aromatic heterocycles. The number of carbonyl (C=O) groups is 2. The van der Waals surface area contributed by atoms with Crippen LogP contribution in [-0.2, 0) is 16.1 Å². The Bertz CT molecular complexity index is 794. The van der Waals surface area contributed by atoms with E-state index in [-0.39, 0.29) is 11.7 Å². The average Bonchev–Trinajstić information content (AvgIpc) is 2.93. The molecule has 2 aromatic rings. The van der Waals surface area contributed by atoms with E-state index in [1.165, 1.54) is 0 Å². The molecule has 134 valence electrons. The lowest BCUT2D eigenvalue weighted by molar-refractivity contribution is -0.130. The van der Waals surface area contributed by atoms with Crippen molar-refractivity contribution in [3.63, 3.8) is 0 Å². The lowest BCUT2D eigenvalue weighted by atomic mass is 10.1. The third-order valence-electron chi connectivity index (χ3n) is 4.41. The highest BCUT2D eigenvalue weighted by Crippen LogP contribution is 2.30. The molecule has 1 fully saturated rings. The number of hydrogen-bond acceptors (Lipinski definition) is 5. The van der Waals surface area contributed by atoms with Gasteiger partial charge >= 0.3 is 5.97 Å². The molecule has 0 saturated carbocycles. The number of benzene rings is 1. The summed E-state index contributed by atoms with van der Waals surface area (Å²) >= 11 is 3.48. The standard InChI is InChI=1S/C18H21BrN2O4/c1-3-24-18(23)17-15(14-10-13(19)4-5-16(14)25-17)11-20-6-8-21(9-7-20)12(2)22/h4-5,10H,3,6-9,11H2,1-2H3. The smallest absolute Gasteiger partial charge is 0.374 e. The Morgan fingerprint density at radius 1 is 1.24 bits per heavy atom. The average molecular weight is 409 g/mol. The fourth-order valence-corrected chi connectivity index (χ4v) is 3.44. The lowest BCUT2D eigenvalue weighted by Crippen LogP contribution is -2.47. The number of nitrogens with zero attached hydrogens (tertiary/aromatic N) is 2. The van der Waals surface area contributed by atoms with Crippen LogP contribution in [-0.4, -0.2) is 54.5 Å². The predicted octanol–water partition coefficient (Wildman–Crippen LogP) is 3.04. The molecule has 0 aliphatic carbocycles. The van der Waals surface area contributed by atoms with Crippen LogP contribution in [0.25, 0.3) is 11.0 Å². The van der Waals surface area contributed by atoms with Gasteiger partial charge in [0.05, 0.1) is 6.61 Å². The van der Waals surface area contributed by atoms with Gasteiger partial charge in [0.2, 0.25) is 11.7 Å². The number of furan rings is 1. The Labute approximate surface area is 154 Å². The van der Waals surface area contributed by atoms with Crippen LogP contribution in [0.1, 0.15) is 30.0 Å². The third-order valence-corrected chi connectivity index (χ3v) is 4.91. The van der Waals surface area contributed by atoms with Crippen LogP contribution in [0, 0.1) is 0 Å². The van der Waals surface area contributed by atoms with Crippen LogP contribution in [0.5, 0.6) is 0 Å². The Morgan fingerprint density at radius 3 is 2.60 bits per heavy atom. The van der Waals surface area contributed by atoms with E-state index in [4.69, 9.17) is 9.15 Å². The van der Waals surface area contributed by atoms with Crippen LogP contribution in [0.2, 0.25) is 0 Å². The first-order valence-corrected chi connectivity index (χ1v) is 9.14. The van der Waals surface area contributed by atoms with Gasteiger partial charge in [0.15, 0.2) is 0 Å². The molecule has 6 nitrogen and oxygen atoms in total. The molecule has 3 rings (SSSR count). The molecular formula is C18H21BrN2O4. The van der Waals surface area contributed by atoms with E-state index < -0.39 is 5.97 Å².